The van der Waals surface area contributed by atoms with Crippen molar-refractivity contribution in [2.75, 3.05) is 13.7 Å². The van der Waals surface area contributed by atoms with Crippen LogP contribution in [0.1, 0.15) is 25.8 Å². The highest BCUT2D eigenvalue weighted by Crippen LogP contribution is 2.17. The summed E-state index contributed by atoms with van der Waals surface area (Å²) in [5.74, 6) is 1.14. The minimum Gasteiger partial charge on any atom is -0.496 e. The van der Waals surface area contributed by atoms with Gasteiger partial charge in [0.15, 0.2) is 5.11 Å². The molecule has 5 nitrogen and oxygen atoms in total. The lowest BCUT2D eigenvalue weighted by Crippen LogP contribution is -2.47. The third-order valence-corrected chi connectivity index (χ3v) is 3.11. The molecule has 1 aromatic carbocycles. The van der Waals surface area contributed by atoms with Crippen LogP contribution in [0.4, 0.5) is 0 Å². The molecule has 1 amide bonds. The highest BCUT2D eigenvalue weighted by Gasteiger charge is 2.08. The number of methoxy groups -OCH3 is 1. The average Bonchev–Trinajstić information content (AvgIpc) is 2.45. The van der Waals surface area contributed by atoms with Gasteiger partial charge in [0.1, 0.15) is 5.75 Å². The van der Waals surface area contributed by atoms with E-state index in [-0.39, 0.29) is 12.3 Å². The van der Waals surface area contributed by atoms with Gasteiger partial charge in [-0.25, -0.2) is 0 Å². The molecular formula is C15H23N3O2S. The Morgan fingerprint density at radius 2 is 2.00 bits per heavy atom. The number of thiocarbonyl (C=S) groups is 1. The van der Waals surface area contributed by atoms with Crippen LogP contribution in [0.5, 0.6) is 5.75 Å². The van der Waals surface area contributed by atoms with Crippen molar-refractivity contribution in [3.8, 4) is 5.75 Å². The van der Waals surface area contributed by atoms with E-state index in [1.54, 1.807) is 7.11 Å². The molecule has 0 aromatic heterocycles. The van der Waals surface area contributed by atoms with Gasteiger partial charge in [-0.1, -0.05) is 32.0 Å². The molecule has 6 heteroatoms. The molecular weight excluding hydrogens is 286 g/mol. The van der Waals surface area contributed by atoms with E-state index in [9.17, 15) is 4.79 Å². The molecule has 0 atom stereocenters. The van der Waals surface area contributed by atoms with E-state index in [1.807, 2.05) is 24.3 Å². The van der Waals surface area contributed by atoms with Gasteiger partial charge in [-0.05, 0) is 30.6 Å². The fraction of sp³-hybridized carbons (Fsp3) is 0.467. The first-order valence-electron chi connectivity index (χ1n) is 6.97. The van der Waals surface area contributed by atoms with Crippen LogP contribution in [-0.2, 0) is 11.2 Å². The molecule has 0 fully saturated rings. The van der Waals surface area contributed by atoms with Crippen LogP contribution in [0.2, 0.25) is 0 Å². The van der Waals surface area contributed by atoms with Gasteiger partial charge in [-0.2, -0.15) is 0 Å². The molecule has 0 bridgehead atoms. The standard InChI is InChI=1S/C15H23N3O2S/c1-11(2)8-9-16-15(21)18-17-14(19)10-12-6-4-5-7-13(12)20-3/h4-7,11H,8-10H2,1-3H3,(H,17,19)(H2,16,18,21). The number of nitrogens with one attached hydrogen (secondary N) is 3. The summed E-state index contributed by atoms with van der Waals surface area (Å²) in [6.45, 7) is 5.08. The molecule has 1 aromatic rings. The van der Waals surface area contributed by atoms with Crippen molar-refractivity contribution in [3.63, 3.8) is 0 Å². The fourth-order valence-electron chi connectivity index (χ4n) is 1.71. The first-order chi connectivity index (χ1) is 10.0. The quantitative estimate of drug-likeness (QED) is 0.552. The van der Waals surface area contributed by atoms with Crippen molar-refractivity contribution in [2.45, 2.75) is 26.7 Å². The maximum Gasteiger partial charge on any atom is 0.242 e. The van der Waals surface area contributed by atoms with Gasteiger partial charge in [-0.3, -0.25) is 15.6 Å². The number of benzene rings is 1. The molecule has 0 saturated heterocycles. The number of carbonyl (C=O) groups excluding carboxylic acids is 1. The summed E-state index contributed by atoms with van der Waals surface area (Å²) in [6.07, 6.45) is 1.25. The number of hydrogen-bond donors (Lipinski definition) is 3. The van der Waals surface area contributed by atoms with E-state index in [0.717, 1.165) is 18.5 Å². The normalized spacial score (nSPS) is 10.1. The summed E-state index contributed by atoms with van der Waals surface area (Å²) in [6, 6.07) is 7.43. The molecule has 116 valence electrons. The van der Waals surface area contributed by atoms with Crippen molar-refractivity contribution < 1.29 is 9.53 Å². The molecule has 0 radical (unpaired) electrons. The van der Waals surface area contributed by atoms with Gasteiger partial charge in [0, 0.05) is 12.1 Å². The minimum absolute atomic E-state index is 0.174. The molecule has 0 spiro atoms. The van der Waals surface area contributed by atoms with E-state index in [0.29, 0.717) is 16.8 Å². The monoisotopic (exact) mass is 309 g/mol. The Bertz CT molecular complexity index is 478. The Kier molecular flexibility index (Phi) is 7.53. The van der Waals surface area contributed by atoms with Crippen molar-refractivity contribution in [2.24, 2.45) is 5.92 Å². The van der Waals surface area contributed by atoms with Crippen molar-refractivity contribution in [1.29, 1.82) is 0 Å². The van der Waals surface area contributed by atoms with Crippen molar-refractivity contribution in [1.82, 2.24) is 16.2 Å². The number of ether oxygens (including phenoxy) is 1. The van der Waals surface area contributed by atoms with Crippen LogP contribution in [0.3, 0.4) is 0 Å². The lowest BCUT2D eigenvalue weighted by molar-refractivity contribution is -0.121. The van der Waals surface area contributed by atoms with E-state index >= 15 is 0 Å². The van der Waals surface area contributed by atoms with Gasteiger partial charge in [0.25, 0.3) is 0 Å². The first-order valence-corrected chi connectivity index (χ1v) is 7.38. The zero-order chi connectivity index (χ0) is 15.7. The number of hydrazine groups is 1. The molecule has 0 aliphatic carbocycles. The Hall–Kier alpha value is -1.82. The number of hydrogen-bond acceptors (Lipinski definition) is 3. The van der Waals surface area contributed by atoms with E-state index in [4.69, 9.17) is 17.0 Å². The summed E-state index contributed by atoms with van der Waals surface area (Å²) >= 11 is 5.08. The van der Waals surface area contributed by atoms with Crippen LogP contribution in [0.15, 0.2) is 24.3 Å². The van der Waals surface area contributed by atoms with Crippen molar-refractivity contribution in [3.05, 3.63) is 29.8 Å². The summed E-state index contributed by atoms with van der Waals surface area (Å²) < 4.78 is 5.21. The highest BCUT2D eigenvalue weighted by molar-refractivity contribution is 7.80. The van der Waals surface area contributed by atoms with E-state index < -0.39 is 0 Å². The number of para-hydroxylation sites is 1. The zero-order valence-electron chi connectivity index (χ0n) is 12.7. The number of carbonyl (C=O) groups is 1. The Balaban J connectivity index is 2.32. The molecule has 3 N–H and O–H groups in total. The van der Waals surface area contributed by atoms with Gasteiger partial charge >= 0.3 is 0 Å². The maximum atomic E-state index is 11.9. The SMILES string of the molecule is COc1ccccc1CC(=O)NNC(=S)NCCC(C)C. The Morgan fingerprint density at radius 1 is 1.29 bits per heavy atom. The lowest BCUT2D eigenvalue weighted by atomic mass is 10.1. The molecule has 0 heterocycles. The molecule has 0 saturated carbocycles. The Morgan fingerprint density at radius 3 is 2.67 bits per heavy atom. The number of rotatable bonds is 6. The summed E-state index contributed by atoms with van der Waals surface area (Å²) in [5.41, 5.74) is 6.10. The van der Waals surface area contributed by atoms with Crippen LogP contribution in [-0.4, -0.2) is 24.7 Å². The molecule has 0 aliphatic heterocycles. The zero-order valence-corrected chi connectivity index (χ0v) is 13.5. The van der Waals surface area contributed by atoms with Gasteiger partial charge < -0.3 is 10.1 Å². The molecule has 0 aliphatic rings. The molecule has 0 unspecified atom stereocenters. The van der Waals surface area contributed by atoms with Gasteiger partial charge in [-0.15, -0.1) is 0 Å². The summed E-state index contributed by atoms with van der Waals surface area (Å²) in [7, 11) is 1.59. The lowest BCUT2D eigenvalue weighted by Gasteiger charge is -2.13. The predicted molar refractivity (Wildman–Crippen MR) is 88.0 cm³/mol. The first kappa shape index (κ1) is 17.2. The van der Waals surface area contributed by atoms with Crippen LogP contribution >= 0.6 is 12.2 Å². The Labute approximate surface area is 131 Å². The predicted octanol–water partition coefficient (Wildman–Crippen LogP) is 1.78. The van der Waals surface area contributed by atoms with Crippen LogP contribution in [0, 0.1) is 5.92 Å². The third kappa shape index (κ3) is 6.94. The van der Waals surface area contributed by atoms with E-state index in [2.05, 4.69) is 30.0 Å². The highest BCUT2D eigenvalue weighted by atomic mass is 32.1. The summed E-state index contributed by atoms with van der Waals surface area (Å²) in [5, 5.41) is 3.46. The molecule has 21 heavy (non-hydrogen) atoms. The second kappa shape index (κ2) is 9.18. The average molecular weight is 309 g/mol. The van der Waals surface area contributed by atoms with Gasteiger partial charge in [0.2, 0.25) is 5.91 Å². The van der Waals surface area contributed by atoms with Crippen LogP contribution in [0.25, 0.3) is 0 Å². The van der Waals surface area contributed by atoms with E-state index in [1.165, 1.54) is 0 Å². The second-order valence-corrected chi connectivity index (χ2v) is 5.51. The second-order valence-electron chi connectivity index (χ2n) is 5.10. The smallest absolute Gasteiger partial charge is 0.242 e. The minimum atomic E-state index is -0.174. The molecule has 1 rings (SSSR count). The van der Waals surface area contributed by atoms with Crippen molar-refractivity contribution >= 4 is 23.2 Å². The summed E-state index contributed by atoms with van der Waals surface area (Å²) in [4.78, 5) is 11.9. The van der Waals surface area contributed by atoms with Crippen LogP contribution < -0.4 is 20.9 Å². The fourth-order valence-corrected chi connectivity index (χ4v) is 1.86. The maximum absolute atomic E-state index is 11.9. The number of amides is 1. The third-order valence-electron chi connectivity index (χ3n) is 2.87. The largest absolute Gasteiger partial charge is 0.496 e. The van der Waals surface area contributed by atoms with Gasteiger partial charge in [0.05, 0.1) is 13.5 Å². The topological polar surface area (TPSA) is 62.4 Å².